The van der Waals surface area contributed by atoms with Crippen LogP contribution in [0.25, 0.3) is 5.82 Å². The van der Waals surface area contributed by atoms with Crippen LogP contribution in [0, 0.1) is 0 Å². The summed E-state index contributed by atoms with van der Waals surface area (Å²) in [6.45, 7) is 4.10. The van der Waals surface area contributed by atoms with E-state index >= 15 is 0 Å². The fourth-order valence-corrected chi connectivity index (χ4v) is 3.54. The third-order valence-corrected chi connectivity index (χ3v) is 5.24. The van der Waals surface area contributed by atoms with Gasteiger partial charge in [0.05, 0.1) is 33.6 Å². The molecule has 0 aliphatic carbocycles. The number of morpholine rings is 1. The number of nitrogens with zero attached hydrogens (tertiary/aromatic N) is 7. The van der Waals surface area contributed by atoms with E-state index in [9.17, 15) is 9.59 Å². The quantitative estimate of drug-likeness (QED) is 0.164. The Bertz CT molecular complexity index is 1270. The van der Waals surface area contributed by atoms with Crippen molar-refractivity contribution in [3.05, 3.63) is 29.1 Å². The van der Waals surface area contributed by atoms with Gasteiger partial charge in [0, 0.05) is 32.1 Å². The zero-order valence-corrected chi connectivity index (χ0v) is 20.3. The molecule has 2 aromatic heterocycles. The summed E-state index contributed by atoms with van der Waals surface area (Å²) in [5.41, 5.74) is 9.20. The number of esters is 1. The third kappa shape index (κ3) is 5.81. The Morgan fingerprint density at radius 3 is 2.49 bits per heavy atom. The highest BCUT2D eigenvalue weighted by Gasteiger charge is 2.26. The highest BCUT2D eigenvalue weighted by Crippen LogP contribution is 2.38. The van der Waals surface area contributed by atoms with Gasteiger partial charge in [0.1, 0.15) is 5.69 Å². The first-order valence-corrected chi connectivity index (χ1v) is 11.0. The van der Waals surface area contributed by atoms with E-state index in [4.69, 9.17) is 24.7 Å². The number of hydrogen-bond acceptors (Lipinski definition) is 14. The van der Waals surface area contributed by atoms with E-state index < -0.39 is 11.9 Å². The monoisotopic (exact) mass is 515 g/mol. The molecule has 0 unspecified atom stereocenters. The first-order chi connectivity index (χ1) is 17.9. The standard InChI is InChI=1S/C21H25N9O7/c1-12(31)36-18-15(33-2)8-13(9-16(18)34-3)10-23-25-21(32)17-14(11-29-4-6-35-7-5-29)24-28-30(17)20-19(22)26-37-27-20/h8-10H,4-7,11H2,1-3H3,(H2,22,26)(H,25,32)/b23-10-. The zero-order chi connectivity index (χ0) is 26.4. The number of hydrogen-bond donors (Lipinski definition) is 2. The Morgan fingerprint density at radius 2 is 1.89 bits per heavy atom. The van der Waals surface area contributed by atoms with Gasteiger partial charge in [-0.05, 0) is 22.4 Å². The normalized spacial score (nSPS) is 14.0. The Hall–Kier alpha value is -4.57. The maximum Gasteiger partial charge on any atom is 0.308 e. The van der Waals surface area contributed by atoms with Gasteiger partial charge >= 0.3 is 5.97 Å². The van der Waals surface area contributed by atoms with Crippen molar-refractivity contribution in [3.8, 4) is 23.1 Å². The lowest BCUT2D eigenvalue weighted by Crippen LogP contribution is -2.36. The fourth-order valence-electron chi connectivity index (χ4n) is 3.54. The number of carbonyl (C=O) groups is 2. The Labute approximate surface area is 210 Å². The molecule has 0 spiro atoms. The molecule has 0 saturated carbocycles. The number of benzene rings is 1. The number of nitrogen functional groups attached to an aromatic ring is 1. The van der Waals surface area contributed by atoms with Crippen LogP contribution in [0.3, 0.4) is 0 Å². The molecule has 1 aliphatic heterocycles. The second-order valence-corrected chi connectivity index (χ2v) is 7.71. The summed E-state index contributed by atoms with van der Waals surface area (Å²) in [6.07, 6.45) is 1.36. The highest BCUT2D eigenvalue weighted by molar-refractivity contribution is 5.95. The predicted molar refractivity (Wildman–Crippen MR) is 126 cm³/mol. The van der Waals surface area contributed by atoms with Crippen molar-refractivity contribution >= 4 is 23.9 Å². The van der Waals surface area contributed by atoms with Crippen molar-refractivity contribution in [2.24, 2.45) is 5.10 Å². The number of rotatable bonds is 9. The highest BCUT2D eigenvalue weighted by atomic mass is 16.6. The van der Waals surface area contributed by atoms with Crippen LogP contribution in [0.5, 0.6) is 17.2 Å². The van der Waals surface area contributed by atoms with E-state index in [0.29, 0.717) is 44.1 Å². The Balaban J connectivity index is 1.59. The van der Waals surface area contributed by atoms with Gasteiger partial charge in [0.2, 0.25) is 17.4 Å². The van der Waals surface area contributed by atoms with Crippen molar-refractivity contribution < 1.29 is 33.2 Å². The number of hydrazone groups is 1. The van der Waals surface area contributed by atoms with Crippen molar-refractivity contribution in [1.29, 1.82) is 0 Å². The number of ether oxygens (including phenoxy) is 4. The minimum atomic E-state index is -0.623. The van der Waals surface area contributed by atoms with Crippen LogP contribution in [0.1, 0.15) is 28.7 Å². The van der Waals surface area contributed by atoms with Crippen LogP contribution >= 0.6 is 0 Å². The lowest BCUT2D eigenvalue weighted by atomic mass is 10.2. The van der Waals surface area contributed by atoms with Gasteiger partial charge in [-0.1, -0.05) is 5.21 Å². The van der Waals surface area contributed by atoms with Gasteiger partial charge in [-0.3, -0.25) is 14.5 Å². The summed E-state index contributed by atoms with van der Waals surface area (Å²) >= 11 is 0. The van der Waals surface area contributed by atoms with Gasteiger partial charge in [0.25, 0.3) is 5.91 Å². The largest absolute Gasteiger partial charge is 0.493 e. The van der Waals surface area contributed by atoms with Gasteiger partial charge < -0.3 is 24.7 Å². The molecule has 16 nitrogen and oxygen atoms in total. The molecule has 1 aromatic carbocycles. The lowest BCUT2D eigenvalue weighted by Gasteiger charge is -2.25. The topological polar surface area (TPSA) is 194 Å². The van der Waals surface area contributed by atoms with Crippen molar-refractivity contribution in [2.75, 3.05) is 46.3 Å². The van der Waals surface area contributed by atoms with Crippen molar-refractivity contribution in [2.45, 2.75) is 13.5 Å². The predicted octanol–water partition coefficient (Wildman–Crippen LogP) is -0.229. The van der Waals surface area contributed by atoms with E-state index in [2.05, 4.69) is 40.7 Å². The second kappa shape index (κ2) is 11.4. The number of nitrogens with two attached hydrogens (primary N) is 1. The van der Waals surface area contributed by atoms with Crippen molar-refractivity contribution in [3.63, 3.8) is 0 Å². The SMILES string of the molecule is COc1cc(/C=N\NC(=O)c2c(CN3CCOCC3)nnn2-c2nonc2N)cc(OC)c1OC(C)=O. The van der Waals surface area contributed by atoms with E-state index in [1.807, 2.05) is 0 Å². The molecule has 0 radical (unpaired) electrons. The summed E-state index contributed by atoms with van der Waals surface area (Å²) in [7, 11) is 2.83. The number of anilines is 1. The smallest absolute Gasteiger partial charge is 0.308 e. The number of nitrogens with one attached hydrogen (secondary N) is 1. The summed E-state index contributed by atoms with van der Waals surface area (Å²) in [6, 6.07) is 3.13. The molecule has 3 aromatic rings. The number of amides is 1. The van der Waals surface area contributed by atoms with E-state index in [1.54, 1.807) is 12.1 Å². The van der Waals surface area contributed by atoms with Crippen LogP contribution in [-0.2, 0) is 16.1 Å². The molecule has 3 N–H and O–H groups in total. The molecular weight excluding hydrogens is 490 g/mol. The molecule has 1 aliphatic rings. The maximum absolute atomic E-state index is 13.2. The minimum absolute atomic E-state index is 0.0189. The number of methoxy groups -OCH3 is 2. The molecule has 37 heavy (non-hydrogen) atoms. The number of carbonyl (C=O) groups excluding carboxylic acids is 2. The fraction of sp³-hybridized carbons (Fsp3) is 0.381. The van der Waals surface area contributed by atoms with Crippen LogP contribution in [-0.4, -0.2) is 88.8 Å². The van der Waals surface area contributed by atoms with E-state index in [0.717, 1.165) is 4.68 Å². The summed E-state index contributed by atoms with van der Waals surface area (Å²) < 4.78 is 27.0. The van der Waals surface area contributed by atoms with E-state index in [-0.39, 0.29) is 34.6 Å². The molecule has 3 heterocycles. The molecular formula is C21H25N9O7. The van der Waals surface area contributed by atoms with Gasteiger partial charge in [-0.25, -0.2) is 10.1 Å². The molecule has 16 heteroatoms. The van der Waals surface area contributed by atoms with Crippen LogP contribution < -0.4 is 25.4 Å². The van der Waals surface area contributed by atoms with Crippen LogP contribution in [0.2, 0.25) is 0 Å². The molecule has 0 atom stereocenters. The molecule has 1 fully saturated rings. The Morgan fingerprint density at radius 1 is 1.19 bits per heavy atom. The molecule has 4 rings (SSSR count). The Kier molecular flexibility index (Phi) is 7.89. The van der Waals surface area contributed by atoms with Crippen LogP contribution in [0.4, 0.5) is 5.82 Å². The molecule has 1 amide bonds. The van der Waals surface area contributed by atoms with Crippen molar-refractivity contribution in [1.82, 2.24) is 35.6 Å². The summed E-state index contributed by atoms with van der Waals surface area (Å²) in [4.78, 5) is 26.7. The molecule has 0 bridgehead atoms. The van der Waals surface area contributed by atoms with Crippen LogP contribution in [0.15, 0.2) is 21.9 Å². The molecule has 1 saturated heterocycles. The van der Waals surface area contributed by atoms with Gasteiger partial charge in [-0.15, -0.1) is 5.10 Å². The average molecular weight is 515 g/mol. The summed E-state index contributed by atoms with van der Waals surface area (Å²) in [5.74, 6) is -0.593. The molecule has 196 valence electrons. The lowest BCUT2D eigenvalue weighted by molar-refractivity contribution is -0.132. The zero-order valence-electron chi connectivity index (χ0n) is 20.3. The third-order valence-electron chi connectivity index (χ3n) is 5.24. The minimum Gasteiger partial charge on any atom is -0.493 e. The second-order valence-electron chi connectivity index (χ2n) is 7.71. The summed E-state index contributed by atoms with van der Waals surface area (Å²) in [5, 5.41) is 19.5. The van der Waals surface area contributed by atoms with Gasteiger partial charge in [0.15, 0.2) is 17.2 Å². The van der Waals surface area contributed by atoms with E-state index in [1.165, 1.54) is 27.4 Å². The first-order valence-electron chi connectivity index (χ1n) is 11.0. The average Bonchev–Trinajstić information content (AvgIpc) is 3.50. The first kappa shape index (κ1) is 25.5. The van der Waals surface area contributed by atoms with Gasteiger partial charge in [-0.2, -0.15) is 9.78 Å². The maximum atomic E-state index is 13.2. The number of aromatic nitrogens is 5.